The van der Waals surface area contributed by atoms with Gasteiger partial charge in [0.05, 0.1) is 12.8 Å². The van der Waals surface area contributed by atoms with Gasteiger partial charge < -0.3 is 20.0 Å². The number of aliphatic imine (C=N–C) groups is 1. The highest BCUT2D eigenvalue weighted by Crippen LogP contribution is 2.15. The van der Waals surface area contributed by atoms with E-state index in [4.69, 9.17) is 4.42 Å². The smallest absolute Gasteiger partial charge is 0.242 e. The van der Waals surface area contributed by atoms with Crippen LogP contribution in [0.25, 0.3) is 0 Å². The highest BCUT2D eigenvalue weighted by atomic mass is 16.3. The van der Waals surface area contributed by atoms with Gasteiger partial charge in [0.15, 0.2) is 5.96 Å². The van der Waals surface area contributed by atoms with Crippen LogP contribution in [0.2, 0.25) is 0 Å². The van der Waals surface area contributed by atoms with Crippen LogP contribution in [-0.4, -0.2) is 42.9 Å². The first-order valence-electron chi connectivity index (χ1n) is 8.01. The number of hydrogen-bond acceptors (Lipinski definition) is 3. The molecule has 0 atom stereocenters. The van der Waals surface area contributed by atoms with Crippen LogP contribution in [0, 0.1) is 5.92 Å². The molecule has 2 heterocycles. The second kappa shape index (κ2) is 8.46. The van der Waals surface area contributed by atoms with Gasteiger partial charge in [0.2, 0.25) is 5.91 Å². The number of likely N-dealkylation sites (tertiary alicyclic amines) is 1. The van der Waals surface area contributed by atoms with Gasteiger partial charge >= 0.3 is 0 Å². The summed E-state index contributed by atoms with van der Waals surface area (Å²) in [4.78, 5) is 18.6. The summed E-state index contributed by atoms with van der Waals surface area (Å²) < 4.78 is 5.18. The van der Waals surface area contributed by atoms with Crippen LogP contribution < -0.4 is 10.6 Å². The molecule has 1 aliphatic heterocycles. The average Bonchev–Trinajstić information content (AvgIpc) is 3.04. The largest absolute Gasteiger partial charge is 0.467 e. The summed E-state index contributed by atoms with van der Waals surface area (Å²) in [5.41, 5.74) is 0. The molecule has 0 saturated carbocycles. The molecule has 1 aromatic rings. The molecular weight excluding hydrogens is 280 g/mol. The lowest BCUT2D eigenvalue weighted by Gasteiger charge is -2.32. The monoisotopic (exact) mass is 306 g/mol. The Morgan fingerprint density at radius 1 is 1.41 bits per heavy atom. The number of carbonyl (C=O) groups excluding carboxylic acids is 1. The first kappa shape index (κ1) is 16.4. The minimum atomic E-state index is -0.0998. The number of hydrogen-bond donors (Lipinski definition) is 2. The molecule has 6 heteroatoms. The fourth-order valence-electron chi connectivity index (χ4n) is 2.45. The van der Waals surface area contributed by atoms with Gasteiger partial charge in [0.1, 0.15) is 12.3 Å². The normalized spacial score (nSPS) is 16.6. The molecule has 122 valence electrons. The number of amides is 1. The van der Waals surface area contributed by atoms with Gasteiger partial charge in [-0.15, -0.1) is 0 Å². The van der Waals surface area contributed by atoms with Crippen molar-refractivity contribution in [3.8, 4) is 0 Å². The minimum Gasteiger partial charge on any atom is -0.467 e. The molecule has 2 rings (SSSR count). The van der Waals surface area contributed by atoms with Crippen molar-refractivity contribution in [3.05, 3.63) is 24.2 Å². The van der Waals surface area contributed by atoms with Crippen LogP contribution in [0.4, 0.5) is 0 Å². The van der Waals surface area contributed by atoms with Crippen molar-refractivity contribution < 1.29 is 9.21 Å². The second-order valence-corrected chi connectivity index (χ2v) is 5.70. The Hall–Kier alpha value is -1.98. The maximum atomic E-state index is 11.9. The Kier molecular flexibility index (Phi) is 6.30. The zero-order valence-corrected chi connectivity index (χ0v) is 13.5. The number of carbonyl (C=O) groups is 1. The zero-order valence-electron chi connectivity index (χ0n) is 13.5. The van der Waals surface area contributed by atoms with Crippen LogP contribution in [0.3, 0.4) is 0 Å². The van der Waals surface area contributed by atoms with Crippen LogP contribution in [-0.2, 0) is 11.3 Å². The third kappa shape index (κ3) is 5.09. The topological polar surface area (TPSA) is 69.9 Å². The van der Waals surface area contributed by atoms with E-state index in [0.717, 1.165) is 37.3 Å². The van der Waals surface area contributed by atoms with Crippen molar-refractivity contribution in [2.24, 2.45) is 10.9 Å². The van der Waals surface area contributed by atoms with Gasteiger partial charge in [-0.05, 0) is 37.8 Å². The molecule has 2 N–H and O–H groups in total. The molecule has 0 radical (unpaired) electrons. The molecule has 1 aromatic heterocycles. The molecule has 0 aromatic carbocycles. The fraction of sp³-hybridized carbons (Fsp3) is 0.625. The van der Waals surface area contributed by atoms with E-state index in [9.17, 15) is 4.79 Å². The predicted octanol–water partition coefficient (Wildman–Crippen LogP) is 1.59. The standard InChI is InChI=1S/C16H26N4O2/c1-3-17-16(20-8-6-13(2)7-9-20)19-12-15(21)18-11-14-5-4-10-22-14/h4-5,10,13H,3,6-9,11-12H2,1-2H3,(H,17,19)(H,18,21). The lowest BCUT2D eigenvalue weighted by atomic mass is 10.00. The summed E-state index contributed by atoms with van der Waals surface area (Å²) in [6.07, 6.45) is 3.95. The van der Waals surface area contributed by atoms with E-state index in [1.165, 1.54) is 12.8 Å². The predicted molar refractivity (Wildman–Crippen MR) is 86.5 cm³/mol. The molecule has 6 nitrogen and oxygen atoms in total. The summed E-state index contributed by atoms with van der Waals surface area (Å²) in [6.45, 7) is 7.66. The molecule has 1 amide bonds. The molecule has 0 unspecified atom stereocenters. The van der Waals surface area contributed by atoms with Gasteiger partial charge in [0, 0.05) is 19.6 Å². The fourth-order valence-corrected chi connectivity index (χ4v) is 2.45. The van der Waals surface area contributed by atoms with E-state index in [2.05, 4.69) is 27.4 Å². The number of rotatable bonds is 5. The molecule has 1 aliphatic rings. The SMILES string of the molecule is CCNC(=NCC(=O)NCc1ccco1)N1CCC(C)CC1. The van der Waals surface area contributed by atoms with Crippen LogP contribution >= 0.6 is 0 Å². The van der Waals surface area contributed by atoms with Crippen molar-refractivity contribution >= 4 is 11.9 Å². The number of nitrogens with zero attached hydrogens (tertiary/aromatic N) is 2. The summed E-state index contributed by atoms with van der Waals surface area (Å²) >= 11 is 0. The van der Waals surface area contributed by atoms with E-state index in [0.29, 0.717) is 6.54 Å². The van der Waals surface area contributed by atoms with Crippen LogP contribution in [0.5, 0.6) is 0 Å². The number of furan rings is 1. The third-order valence-corrected chi connectivity index (χ3v) is 3.83. The Morgan fingerprint density at radius 2 is 2.18 bits per heavy atom. The maximum absolute atomic E-state index is 11.9. The van der Waals surface area contributed by atoms with E-state index in [1.807, 2.05) is 13.0 Å². The highest BCUT2D eigenvalue weighted by molar-refractivity contribution is 5.85. The summed E-state index contributed by atoms with van der Waals surface area (Å²) in [5, 5.41) is 6.08. The minimum absolute atomic E-state index is 0.0998. The van der Waals surface area contributed by atoms with Crippen LogP contribution in [0.15, 0.2) is 27.8 Å². The summed E-state index contributed by atoms with van der Waals surface area (Å²) in [6, 6.07) is 3.64. The number of nitrogens with one attached hydrogen (secondary N) is 2. The maximum Gasteiger partial charge on any atom is 0.242 e. The van der Waals surface area contributed by atoms with Crippen molar-refractivity contribution in [1.29, 1.82) is 0 Å². The molecule has 22 heavy (non-hydrogen) atoms. The quantitative estimate of drug-likeness (QED) is 0.640. The van der Waals surface area contributed by atoms with Gasteiger partial charge in [-0.2, -0.15) is 0 Å². The van der Waals surface area contributed by atoms with Gasteiger partial charge in [-0.1, -0.05) is 6.92 Å². The van der Waals surface area contributed by atoms with Crippen molar-refractivity contribution in [1.82, 2.24) is 15.5 Å². The first-order valence-corrected chi connectivity index (χ1v) is 8.01. The molecule has 0 aliphatic carbocycles. The lowest BCUT2D eigenvalue weighted by molar-refractivity contribution is -0.119. The Balaban J connectivity index is 1.82. The summed E-state index contributed by atoms with van der Waals surface area (Å²) in [5.74, 6) is 2.25. The van der Waals surface area contributed by atoms with E-state index >= 15 is 0 Å². The average molecular weight is 306 g/mol. The molecule has 0 spiro atoms. The molecule has 1 saturated heterocycles. The molecule has 1 fully saturated rings. The molecular formula is C16H26N4O2. The van der Waals surface area contributed by atoms with Gasteiger partial charge in [-0.25, -0.2) is 4.99 Å². The van der Waals surface area contributed by atoms with E-state index < -0.39 is 0 Å². The number of piperidine rings is 1. The van der Waals surface area contributed by atoms with Crippen LogP contribution in [0.1, 0.15) is 32.4 Å². The number of guanidine groups is 1. The lowest BCUT2D eigenvalue weighted by Crippen LogP contribution is -2.45. The Morgan fingerprint density at radius 3 is 2.82 bits per heavy atom. The van der Waals surface area contributed by atoms with Gasteiger partial charge in [0.25, 0.3) is 0 Å². The van der Waals surface area contributed by atoms with Gasteiger partial charge in [-0.3, -0.25) is 4.79 Å². The summed E-state index contributed by atoms with van der Waals surface area (Å²) in [7, 11) is 0. The Bertz CT molecular complexity index is 476. The molecule has 0 bridgehead atoms. The van der Waals surface area contributed by atoms with Crippen molar-refractivity contribution in [3.63, 3.8) is 0 Å². The van der Waals surface area contributed by atoms with Crippen molar-refractivity contribution in [2.75, 3.05) is 26.2 Å². The third-order valence-electron chi connectivity index (χ3n) is 3.83. The van der Waals surface area contributed by atoms with E-state index in [-0.39, 0.29) is 12.5 Å². The van der Waals surface area contributed by atoms with E-state index in [1.54, 1.807) is 12.3 Å². The Labute approximate surface area is 132 Å². The first-order chi connectivity index (χ1) is 10.7. The second-order valence-electron chi connectivity index (χ2n) is 5.70. The van der Waals surface area contributed by atoms with Crippen molar-refractivity contribution in [2.45, 2.75) is 33.2 Å². The highest BCUT2D eigenvalue weighted by Gasteiger charge is 2.18. The zero-order chi connectivity index (χ0) is 15.8.